The van der Waals surface area contributed by atoms with Crippen LogP contribution in [0.3, 0.4) is 0 Å². The van der Waals surface area contributed by atoms with Crippen LogP contribution in [0.5, 0.6) is 0 Å². The van der Waals surface area contributed by atoms with Gasteiger partial charge in [0.15, 0.2) is 0 Å². The molecule has 0 unspecified atom stereocenters. The average Bonchev–Trinajstić information content (AvgIpc) is 3.20. The molecule has 2 heterocycles. The largest absolute Gasteiger partial charge is 0.419 e. The third-order valence-electron chi connectivity index (χ3n) is 5.30. The molecule has 6 heteroatoms. The summed E-state index contributed by atoms with van der Waals surface area (Å²) in [6.07, 6.45) is 3.68. The van der Waals surface area contributed by atoms with Gasteiger partial charge in [0.05, 0.1) is 6.04 Å². The van der Waals surface area contributed by atoms with E-state index in [1.165, 1.54) is 24.8 Å². The van der Waals surface area contributed by atoms with Crippen molar-refractivity contribution in [2.24, 2.45) is 0 Å². The molecule has 1 fully saturated rings. The first-order valence-electron chi connectivity index (χ1n) is 9.94. The highest BCUT2D eigenvalue weighted by Gasteiger charge is 2.24. The predicted octanol–water partition coefficient (Wildman–Crippen LogP) is 5.51. The quantitative estimate of drug-likeness (QED) is 0.585. The van der Waals surface area contributed by atoms with Gasteiger partial charge in [-0.3, -0.25) is 4.90 Å². The van der Waals surface area contributed by atoms with Crippen LogP contribution < -0.4 is 5.32 Å². The second-order valence-electron chi connectivity index (χ2n) is 7.22. The lowest BCUT2D eigenvalue weighted by molar-refractivity contribution is 0.170. The van der Waals surface area contributed by atoms with Crippen molar-refractivity contribution in [1.82, 2.24) is 9.88 Å². The Bertz CT molecular complexity index is 972. The van der Waals surface area contributed by atoms with E-state index >= 15 is 0 Å². The molecule has 0 saturated carbocycles. The van der Waals surface area contributed by atoms with Gasteiger partial charge in [0, 0.05) is 17.1 Å². The van der Waals surface area contributed by atoms with Crippen LogP contribution in [0.25, 0.3) is 11.5 Å². The number of rotatable bonds is 6. The molecule has 1 aliphatic rings. The van der Waals surface area contributed by atoms with Crippen LogP contribution in [0, 0.1) is 11.3 Å². The summed E-state index contributed by atoms with van der Waals surface area (Å²) in [5, 5.41) is 13.6. The zero-order valence-electron chi connectivity index (χ0n) is 16.1. The molecule has 5 nitrogen and oxygen atoms in total. The van der Waals surface area contributed by atoms with Crippen molar-refractivity contribution in [2.45, 2.75) is 25.3 Å². The van der Waals surface area contributed by atoms with Gasteiger partial charge in [-0.25, -0.2) is 0 Å². The second kappa shape index (κ2) is 9.13. The Kier molecular flexibility index (Phi) is 6.14. The Hall–Kier alpha value is -2.81. The maximum Gasteiger partial charge on any atom is 0.232 e. The van der Waals surface area contributed by atoms with E-state index in [9.17, 15) is 5.26 Å². The molecule has 0 bridgehead atoms. The number of piperidine rings is 1. The smallest absolute Gasteiger partial charge is 0.232 e. The maximum atomic E-state index is 9.50. The van der Waals surface area contributed by atoms with Crippen molar-refractivity contribution >= 4 is 17.5 Å². The van der Waals surface area contributed by atoms with Gasteiger partial charge < -0.3 is 9.73 Å². The first-order chi connectivity index (χ1) is 14.2. The number of likely N-dealkylation sites (tertiary alicyclic amines) is 1. The number of nitriles is 1. The molecule has 1 N–H and O–H groups in total. The Labute approximate surface area is 175 Å². The van der Waals surface area contributed by atoms with Gasteiger partial charge in [-0.05, 0) is 55.8 Å². The summed E-state index contributed by atoms with van der Waals surface area (Å²) in [5.74, 6) is 0.869. The molecule has 1 saturated heterocycles. The van der Waals surface area contributed by atoms with Gasteiger partial charge in [0.1, 0.15) is 6.07 Å². The Morgan fingerprint density at radius 2 is 1.79 bits per heavy atom. The Balaban J connectivity index is 1.56. The number of anilines is 1. The molecule has 0 aliphatic carbocycles. The van der Waals surface area contributed by atoms with E-state index in [-0.39, 0.29) is 11.7 Å². The second-order valence-corrected chi connectivity index (χ2v) is 7.66. The maximum absolute atomic E-state index is 9.50. The van der Waals surface area contributed by atoms with Crippen LogP contribution in [0.1, 0.15) is 36.6 Å². The van der Waals surface area contributed by atoms with E-state index in [0.717, 1.165) is 23.7 Å². The molecule has 0 radical (unpaired) electrons. The number of nitrogens with zero attached hydrogens (tertiary/aromatic N) is 3. The van der Waals surface area contributed by atoms with Crippen LogP contribution in [0.4, 0.5) is 5.88 Å². The summed E-state index contributed by atoms with van der Waals surface area (Å²) in [4.78, 5) is 6.84. The predicted molar refractivity (Wildman–Crippen MR) is 115 cm³/mol. The first kappa shape index (κ1) is 19.5. The van der Waals surface area contributed by atoms with E-state index in [0.29, 0.717) is 18.3 Å². The van der Waals surface area contributed by atoms with Crippen LogP contribution in [0.15, 0.2) is 59.0 Å². The van der Waals surface area contributed by atoms with E-state index < -0.39 is 0 Å². The highest BCUT2D eigenvalue weighted by Crippen LogP contribution is 2.29. The standard InChI is InChI=1S/C23H23ClN4O/c24-19-11-9-17(10-12-19)21(28-13-5-2-6-14-28)16-26-23-20(15-25)27-22(29-23)18-7-3-1-4-8-18/h1,3-4,7-12,21,26H,2,5-6,13-14,16H2/t21-/m0/s1. The summed E-state index contributed by atoms with van der Waals surface area (Å²) in [5.41, 5.74) is 2.32. The lowest BCUT2D eigenvalue weighted by Crippen LogP contribution is -2.37. The number of nitrogens with one attached hydrogen (secondary N) is 1. The molecule has 4 rings (SSSR count). The third-order valence-corrected chi connectivity index (χ3v) is 5.55. The molecule has 0 amide bonds. The van der Waals surface area contributed by atoms with Crippen LogP contribution in [-0.2, 0) is 0 Å². The molecule has 148 valence electrons. The summed E-state index contributed by atoms with van der Waals surface area (Å²) >= 11 is 6.09. The van der Waals surface area contributed by atoms with E-state index in [1.54, 1.807) is 0 Å². The molecule has 1 aliphatic heterocycles. The zero-order valence-corrected chi connectivity index (χ0v) is 16.9. The molecule has 1 atom stereocenters. The lowest BCUT2D eigenvalue weighted by atomic mass is 10.0. The number of benzene rings is 2. The van der Waals surface area contributed by atoms with Crippen molar-refractivity contribution in [1.29, 1.82) is 5.26 Å². The molecular formula is C23H23ClN4O. The van der Waals surface area contributed by atoms with Gasteiger partial charge in [-0.15, -0.1) is 0 Å². The minimum atomic E-state index is 0.171. The van der Waals surface area contributed by atoms with Crippen molar-refractivity contribution in [3.05, 3.63) is 70.9 Å². The highest BCUT2D eigenvalue weighted by atomic mass is 35.5. The zero-order chi connectivity index (χ0) is 20.1. The number of oxazole rings is 1. The molecule has 2 aromatic carbocycles. The normalized spacial score (nSPS) is 15.6. The topological polar surface area (TPSA) is 65.1 Å². The number of hydrogen-bond acceptors (Lipinski definition) is 5. The minimum absolute atomic E-state index is 0.171. The summed E-state index contributed by atoms with van der Waals surface area (Å²) in [6, 6.07) is 19.9. The van der Waals surface area contributed by atoms with Gasteiger partial charge >= 0.3 is 0 Å². The van der Waals surface area contributed by atoms with Crippen LogP contribution >= 0.6 is 11.6 Å². The molecular weight excluding hydrogens is 384 g/mol. The number of hydrogen-bond donors (Lipinski definition) is 1. The van der Waals surface area contributed by atoms with E-state index in [1.807, 2.05) is 42.5 Å². The monoisotopic (exact) mass is 406 g/mol. The molecule has 1 aromatic heterocycles. The van der Waals surface area contributed by atoms with Gasteiger partial charge in [-0.2, -0.15) is 10.2 Å². The summed E-state index contributed by atoms with van der Waals surface area (Å²) in [6.45, 7) is 2.75. The molecule has 29 heavy (non-hydrogen) atoms. The van der Waals surface area contributed by atoms with Gasteiger partial charge in [0.2, 0.25) is 17.5 Å². The Morgan fingerprint density at radius 1 is 1.07 bits per heavy atom. The third kappa shape index (κ3) is 4.61. The Morgan fingerprint density at radius 3 is 2.48 bits per heavy atom. The fourth-order valence-corrected chi connectivity index (χ4v) is 3.91. The minimum Gasteiger partial charge on any atom is -0.419 e. The van der Waals surface area contributed by atoms with Crippen molar-refractivity contribution in [3.63, 3.8) is 0 Å². The SMILES string of the molecule is N#Cc1nc(-c2ccccc2)oc1NC[C@@H](c1ccc(Cl)cc1)N1CCCCC1. The number of halogens is 1. The van der Waals surface area contributed by atoms with Gasteiger partial charge in [0.25, 0.3) is 0 Å². The summed E-state index contributed by atoms with van der Waals surface area (Å²) in [7, 11) is 0. The van der Waals surface area contributed by atoms with Crippen molar-refractivity contribution < 1.29 is 4.42 Å². The first-order valence-corrected chi connectivity index (χ1v) is 10.3. The average molecular weight is 407 g/mol. The van der Waals surface area contributed by atoms with Gasteiger partial charge in [-0.1, -0.05) is 48.4 Å². The van der Waals surface area contributed by atoms with Crippen molar-refractivity contribution in [3.8, 4) is 17.5 Å². The molecule has 3 aromatic rings. The van der Waals surface area contributed by atoms with E-state index in [4.69, 9.17) is 16.0 Å². The number of aromatic nitrogens is 1. The van der Waals surface area contributed by atoms with Crippen LogP contribution in [-0.4, -0.2) is 29.5 Å². The van der Waals surface area contributed by atoms with Crippen LogP contribution in [0.2, 0.25) is 5.02 Å². The fourth-order valence-electron chi connectivity index (χ4n) is 3.78. The lowest BCUT2D eigenvalue weighted by Gasteiger charge is -2.35. The van der Waals surface area contributed by atoms with Crippen molar-refractivity contribution in [2.75, 3.05) is 25.0 Å². The summed E-state index contributed by atoms with van der Waals surface area (Å²) < 4.78 is 5.90. The van der Waals surface area contributed by atoms with E-state index in [2.05, 4.69) is 33.4 Å². The molecule has 0 spiro atoms. The fraction of sp³-hybridized carbons (Fsp3) is 0.304. The highest BCUT2D eigenvalue weighted by molar-refractivity contribution is 6.30.